The fourth-order valence-corrected chi connectivity index (χ4v) is 2.57. The summed E-state index contributed by atoms with van der Waals surface area (Å²) in [6.45, 7) is 4.57. The maximum Gasteiger partial charge on any atom is 0.330 e. The zero-order chi connectivity index (χ0) is 18.4. The summed E-state index contributed by atoms with van der Waals surface area (Å²) in [6.07, 6.45) is 5.23. The monoisotopic (exact) mass is 345 g/mol. The van der Waals surface area contributed by atoms with Gasteiger partial charge in [0.25, 0.3) is 11.5 Å². The van der Waals surface area contributed by atoms with E-state index in [2.05, 4.69) is 9.97 Å². The summed E-state index contributed by atoms with van der Waals surface area (Å²) in [7, 11) is 0. The van der Waals surface area contributed by atoms with Crippen LogP contribution in [-0.4, -0.2) is 27.0 Å². The minimum atomic E-state index is -0.659. The Kier molecular flexibility index (Phi) is 6.10. The Morgan fingerprint density at radius 2 is 1.92 bits per heavy atom. The van der Waals surface area contributed by atoms with Crippen LogP contribution >= 0.6 is 0 Å². The summed E-state index contributed by atoms with van der Waals surface area (Å²) in [5, 5.41) is 0. The summed E-state index contributed by atoms with van der Waals surface area (Å²) in [5.41, 5.74) is 5.29. The molecule has 0 saturated carbocycles. The number of hydrogen-bond donors (Lipinski definition) is 2. The normalized spacial score (nSPS) is 10.6. The molecule has 0 unspecified atom stereocenters. The topological polar surface area (TPSA) is 114 Å². The fraction of sp³-hybridized carbons (Fsp3) is 0.412. The third-order valence-electron chi connectivity index (χ3n) is 3.84. The average Bonchev–Trinajstić information content (AvgIpc) is 2.61. The quantitative estimate of drug-likeness (QED) is 0.786. The maximum absolute atomic E-state index is 12.9. The molecule has 2 heterocycles. The van der Waals surface area contributed by atoms with E-state index in [9.17, 15) is 14.4 Å². The molecule has 2 aromatic rings. The smallest absolute Gasteiger partial charge is 0.330 e. The average molecular weight is 345 g/mol. The van der Waals surface area contributed by atoms with Crippen LogP contribution in [-0.2, 0) is 6.54 Å². The van der Waals surface area contributed by atoms with E-state index in [-0.39, 0.29) is 17.4 Å². The molecule has 8 heteroatoms. The van der Waals surface area contributed by atoms with Crippen molar-refractivity contribution in [1.29, 1.82) is 0 Å². The minimum Gasteiger partial charge on any atom is -0.383 e. The fourth-order valence-electron chi connectivity index (χ4n) is 2.57. The molecule has 0 aliphatic rings. The van der Waals surface area contributed by atoms with Crippen LogP contribution < -0.4 is 21.9 Å². The van der Waals surface area contributed by atoms with Crippen molar-refractivity contribution < 1.29 is 4.79 Å². The molecule has 0 saturated heterocycles. The van der Waals surface area contributed by atoms with Gasteiger partial charge < -0.3 is 10.6 Å². The number of aromatic nitrogens is 3. The lowest BCUT2D eigenvalue weighted by molar-refractivity contribution is 0.0986. The van der Waals surface area contributed by atoms with Crippen LogP contribution in [0, 0.1) is 0 Å². The van der Waals surface area contributed by atoms with Gasteiger partial charge in [-0.3, -0.25) is 24.1 Å². The number of nitrogens with zero attached hydrogens (tertiary/aromatic N) is 3. The molecule has 1 amide bonds. The molecule has 0 bridgehead atoms. The van der Waals surface area contributed by atoms with Gasteiger partial charge in [0.15, 0.2) is 5.69 Å². The second kappa shape index (κ2) is 8.27. The maximum atomic E-state index is 12.9. The van der Waals surface area contributed by atoms with Crippen LogP contribution in [0.25, 0.3) is 0 Å². The Bertz CT molecular complexity index is 842. The Balaban J connectivity index is 2.59. The van der Waals surface area contributed by atoms with Crippen molar-refractivity contribution in [3.05, 3.63) is 50.9 Å². The van der Waals surface area contributed by atoms with Crippen LogP contribution in [0.2, 0.25) is 0 Å². The predicted octanol–water partition coefficient (Wildman–Crippen LogP) is 1.37. The Morgan fingerprint density at radius 1 is 1.24 bits per heavy atom. The molecule has 134 valence electrons. The molecule has 0 atom stereocenters. The molecule has 0 aliphatic heterocycles. The minimum absolute atomic E-state index is 0.00843. The lowest BCUT2D eigenvalue weighted by Crippen LogP contribution is -2.41. The lowest BCUT2D eigenvalue weighted by Gasteiger charge is -2.24. The summed E-state index contributed by atoms with van der Waals surface area (Å²) in [5.74, 6) is -0.344. The number of amides is 1. The summed E-state index contributed by atoms with van der Waals surface area (Å²) in [4.78, 5) is 44.8. The predicted molar refractivity (Wildman–Crippen MR) is 96.8 cm³/mol. The van der Waals surface area contributed by atoms with Gasteiger partial charge in [0.05, 0.1) is 0 Å². The number of aromatic amines is 1. The molecule has 0 aliphatic carbocycles. The SMILES string of the molecule is CCCCN(C(=O)c1ccncc1)c1c(N)n(CCC)c(=O)[nH]c1=O. The zero-order valence-electron chi connectivity index (χ0n) is 14.5. The Morgan fingerprint density at radius 3 is 2.52 bits per heavy atom. The van der Waals surface area contributed by atoms with Gasteiger partial charge in [-0.2, -0.15) is 0 Å². The molecule has 0 aromatic carbocycles. The summed E-state index contributed by atoms with van der Waals surface area (Å²) < 4.78 is 1.29. The third kappa shape index (κ3) is 3.96. The molecule has 0 spiro atoms. The van der Waals surface area contributed by atoms with Crippen LogP contribution in [0.3, 0.4) is 0 Å². The second-order valence-electron chi connectivity index (χ2n) is 5.69. The number of hydrogen-bond acceptors (Lipinski definition) is 5. The van der Waals surface area contributed by atoms with Crippen LogP contribution in [0.5, 0.6) is 0 Å². The first-order valence-electron chi connectivity index (χ1n) is 8.35. The molecule has 0 radical (unpaired) electrons. The van der Waals surface area contributed by atoms with Gasteiger partial charge in [0.2, 0.25) is 0 Å². The van der Waals surface area contributed by atoms with Crippen molar-refractivity contribution in [2.24, 2.45) is 0 Å². The Hall–Kier alpha value is -2.90. The van der Waals surface area contributed by atoms with Crippen molar-refractivity contribution in [2.45, 2.75) is 39.7 Å². The van der Waals surface area contributed by atoms with Crippen molar-refractivity contribution in [3.63, 3.8) is 0 Å². The summed E-state index contributed by atoms with van der Waals surface area (Å²) in [6, 6.07) is 3.15. The number of rotatable bonds is 7. The molecule has 2 rings (SSSR count). The van der Waals surface area contributed by atoms with Crippen LogP contribution in [0.15, 0.2) is 34.1 Å². The van der Waals surface area contributed by atoms with Gasteiger partial charge in [0.1, 0.15) is 5.82 Å². The number of unbranched alkanes of at least 4 members (excludes halogenated alkanes) is 1. The van der Waals surface area contributed by atoms with E-state index < -0.39 is 11.2 Å². The first-order chi connectivity index (χ1) is 12.0. The molecule has 3 N–H and O–H groups in total. The number of pyridine rings is 1. The number of carbonyl (C=O) groups is 1. The van der Waals surface area contributed by atoms with Crippen molar-refractivity contribution in [2.75, 3.05) is 17.2 Å². The van der Waals surface area contributed by atoms with Gasteiger partial charge in [-0.25, -0.2) is 4.79 Å². The van der Waals surface area contributed by atoms with E-state index in [0.29, 0.717) is 31.5 Å². The Labute approximate surface area is 145 Å². The van der Waals surface area contributed by atoms with Crippen LogP contribution in [0.1, 0.15) is 43.5 Å². The molecular formula is C17H23N5O3. The van der Waals surface area contributed by atoms with Gasteiger partial charge in [-0.15, -0.1) is 0 Å². The second-order valence-corrected chi connectivity index (χ2v) is 5.69. The van der Waals surface area contributed by atoms with E-state index in [1.165, 1.54) is 21.9 Å². The first-order valence-corrected chi connectivity index (χ1v) is 8.35. The number of anilines is 2. The number of carbonyl (C=O) groups excluding carboxylic acids is 1. The van der Waals surface area contributed by atoms with E-state index in [0.717, 1.165) is 6.42 Å². The van der Waals surface area contributed by atoms with Gasteiger partial charge in [-0.1, -0.05) is 20.3 Å². The third-order valence-corrected chi connectivity index (χ3v) is 3.84. The van der Waals surface area contributed by atoms with E-state index >= 15 is 0 Å². The first kappa shape index (κ1) is 18.4. The van der Waals surface area contributed by atoms with Crippen molar-refractivity contribution in [1.82, 2.24) is 14.5 Å². The highest BCUT2D eigenvalue weighted by molar-refractivity contribution is 6.07. The molecule has 8 nitrogen and oxygen atoms in total. The van der Waals surface area contributed by atoms with Gasteiger partial charge in [-0.05, 0) is 25.0 Å². The van der Waals surface area contributed by atoms with Crippen molar-refractivity contribution in [3.8, 4) is 0 Å². The van der Waals surface area contributed by atoms with E-state index in [4.69, 9.17) is 5.73 Å². The highest BCUT2D eigenvalue weighted by atomic mass is 16.2. The summed E-state index contributed by atoms with van der Waals surface area (Å²) >= 11 is 0. The number of H-pyrrole nitrogens is 1. The van der Waals surface area contributed by atoms with Gasteiger partial charge in [0, 0.05) is 31.0 Å². The van der Waals surface area contributed by atoms with E-state index in [1.807, 2.05) is 13.8 Å². The molecule has 0 fully saturated rings. The van der Waals surface area contributed by atoms with Crippen LogP contribution in [0.4, 0.5) is 11.5 Å². The molecule has 2 aromatic heterocycles. The van der Waals surface area contributed by atoms with Crippen molar-refractivity contribution >= 4 is 17.4 Å². The molecular weight excluding hydrogens is 322 g/mol. The zero-order valence-corrected chi connectivity index (χ0v) is 14.5. The highest BCUT2D eigenvalue weighted by Crippen LogP contribution is 2.20. The number of nitrogens with two attached hydrogens (primary N) is 1. The number of nitrogens with one attached hydrogen (secondary N) is 1. The highest BCUT2D eigenvalue weighted by Gasteiger charge is 2.24. The molecule has 25 heavy (non-hydrogen) atoms. The largest absolute Gasteiger partial charge is 0.383 e. The lowest BCUT2D eigenvalue weighted by atomic mass is 10.2. The van der Waals surface area contributed by atoms with E-state index in [1.54, 1.807) is 12.1 Å². The standard InChI is InChI=1S/C17H23N5O3/c1-3-5-11-21(16(24)12-6-8-19-9-7-12)13-14(18)22(10-4-2)17(25)20-15(13)23/h6-9H,3-5,10-11,18H2,1-2H3,(H,20,23,25). The number of nitrogen functional groups attached to an aromatic ring is 1. The van der Waals surface area contributed by atoms with Gasteiger partial charge >= 0.3 is 5.69 Å².